The zero-order valence-electron chi connectivity index (χ0n) is 9.43. The van der Waals surface area contributed by atoms with Crippen molar-refractivity contribution in [3.63, 3.8) is 0 Å². The van der Waals surface area contributed by atoms with E-state index in [0.29, 0.717) is 0 Å². The second-order valence-electron chi connectivity index (χ2n) is 4.56. The fourth-order valence-electron chi connectivity index (χ4n) is 2.14. The molecule has 0 fully saturated rings. The van der Waals surface area contributed by atoms with Gasteiger partial charge in [-0.25, -0.2) is 0 Å². The normalized spacial score (nSPS) is 23.0. The lowest BCUT2D eigenvalue weighted by Gasteiger charge is -2.27. The number of hydrogen-bond donors (Lipinski definition) is 0. The first-order valence-corrected chi connectivity index (χ1v) is 5.51. The van der Waals surface area contributed by atoms with Crippen LogP contribution in [0.2, 0.25) is 0 Å². The van der Waals surface area contributed by atoms with Crippen LogP contribution in [0.5, 0.6) is 0 Å². The quantitative estimate of drug-likeness (QED) is 0.603. The summed E-state index contributed by atoms with van der Waals surface area (Å²) in [5, 5.41) is 0. The highest BCUT2D eigenvalue weighted by Crippen LogP contribution is 2.33. The van der Waals surface area contributed by atoms with Gasteiger partial charge < -0.3 is 0 Å². The van der Waals surface area contributed by atoms with Crippen LogP contribution in [0, 0.1) is 11.8 Å². The summed E-state index contributed by atoms with van der Waals surface area (Å²) < 4.78 is 0. The van der Waals surface area contributed by atoms with Crippen molar-refractivity contribution in [3.05, 3.63) is 23.3 Å². The van der Waals surface area contributed by atoms with Gasteiger partial charge in [-0.1, -0.05) is 50.5 Å². The van der Waals surface area contributed by atoms with Gasteiger partial charge in [0.2, 0.25) is 0 Å². The second-order valence-corrected chi connectivity index (χ2v) is 4.56. The molecule has 0 aromatic rings. The van der Waals surface area contributed by atoms with Gasteiger partial charge in [0.25, 0.3) is 0 Å². The standard InChI is InChI=1S/C13H22/c1-5-6-12-8-7-11(4)9-13(12)10(2)3/h7-8,10,13H,5-6,9H2,1-4H3. The van der Waals surface area contributed by atoms with Crippen LogP contribution < -0.4 is 0 Å². The van der Waals surface area contributed by atoms with Crippen molar-refractivity contribution in [2.24, 2.45) is 11.8 Å². The molecule has 0 nitrogen and oxygen atoms in total. The van der Waals surface area contributed by atoms with Crippen molar-refractivity contribution >= 4 is 0 Å². The lowest BCUT2D eigenvalue weighted by atomic mass is 9.78. The van der Waals surface area contributed by atoms with E-state index in [-0.39, 0.29) is 0 Å². The van der Waals surface area contributed by atoms with Gasteiger partial charge in [0.1, 0.15) is 0 Å². The molecule has 0 heteroatoms. The van der Waals surface area contributed by atoms with Gasteiger partial charge in [0.05, 0.1) is 0 Å². The summed E-state index contributed by atoms with van der Waals surface area (Å²) in [5.74, 6) is 1.60. The minimum Gasteiger partial charge on any atom is -0.0727 e. The van der Waals surface area contributed by atoms with Gasteiger partial charge in [-0.15, -0.1) is 0 Å². The maximum atomic E-state index is 2.35. The van der Waals surface area contributed by atoms with Crippen molar-refractivity contribution in [1.29, 1.82) is 0 Å². The summed E-state index contributed by atoms with van der Waals surface area (Å²) in [4.78, 5) is 0. The second kappa shape index (κ2) is 4.64. The average molecular weight is 178 g/mol. The summed E-state index contributed by atoms with van der Waals surface area (Å²) in [5.41, 5.74) is 3.21. The third-order valence-corrected chi connectivity index (χ3v) is 2.94. The lowest BCUT2D eigenvalue weighted by Crippen LogP contribution is -2.14. The van der Waals surface area contributed by atoms with Crippen LogP contribution in [0.25, 0.3) is 0 Å². The number of allylic oxidation sites excluding steroid dienone is 4. The Labute approximate surface area is 82.7 Å². The first kappa shape index (κ1) is 10.6. The van der Waals surface area contributed by atoms with Crippen molar-refractivity contribution in [3.8, 4) is 0 Å². The maximum absolute atomic E-state index is 2.35. The Bertz CT molecular complexity index is 218. The Kier molecular flexibility index (Phi) is 3.77. The fourth-order valence-corrected chi connectivity index (χ4v) is 2.14. The van der Waals surface area contributed by atoms with E-state index in [1.54, 1.807) is 11.1 Å². The fraction of sp³-hybridized carbons (Fsp3) is 0.692. The molecular formula is C13H22. The van der Waals surface area contributed by atoms with E-state index in [2.05, 4.69) is 39.8 Å². The Morgan fingerprint density at radius 3 is 2.62 bits per heavy atom. The van der Waals surface area contributed by atoms with Gasteiger partial charge in [-0.3, -0.25) is 0 Å². The minimum atomic E-state index is 0.793. The van der Waals surface area contributed by atoms with Crippen LogP contribution in [-0.4, -0.2) is 0 Å². The molecule has 0 radical (unpaired) electrons. The molecule has 1 rings (SSSR count). The predicted molar refractivity (Wildman–Crippen MR) is 59.7 cm³/mol. The first-order chi connectivity index (χ1) is 6.15. The van der Waals surface area contributed by atoms with E-state index in [4.69, 9.17) is 0 Å². The molecule has 0 bridgehead atoms. The number of hydrogen-bond acceptors (Lipinski definition) is 0. The molecule has 0 aliphatic heterocycles. The van der Waals surface area contributed by atoms with Crippen LogP contribution in [0.1, 0.15) is 47.0 Å². The van der Waals surface area contributed by atoms with Crippen molar-refractivity contribution < 1.29 is 0 Å². The molecule has 1 aliphatic rings. The van der Waals surface area contributed by atoms with Gasteiger partial charge >= 0.3 is 0 Å². The van der Waals surface area contributed by atoms with Crippen LogP contribution in [0.3, 0.4) is 0 Å². The third-order valence-electron chi connectivity index (χ3n) is 2.94. The largest absolute Gasteiger partial charge is 0.0727 e. The third kappa shape index (κ3) is 2.72. The van der Waals surface area contributed by atoms with E-state index in [9.17, 15) is 0 Å². The van der Waals surface area contributed by atoms with E-state index >= 15 is 0 Å². The predicted octanol–water partition coefficient (Wildman–Crippen LogP) is 4.34. The van der Waals surface area contributed by atoms with Gasteiger partial charge in [0, 0.05) is 0 Å². The van der Waals surface area contributed by atoms with E-state index in [1.165, 1.54) is 19.3 Å². The summed E-state index contributed by atoms with van der Waals surface area (Å²) >= 11 is 0. The highest BCUT2D eigenvalue weighted by atomic mass is 14.2. The molecule has 1 aliphatic carbocycles. The molecule has 0 spiro atoms. The minimum absolute atomic E-state index is 0.793. The van der Waals surface area contributed by atoms with Gasteiger partial charge in [-0.2, -0.15) is 0 Å². The monoisotopic (exact) mass is 178 g/mol. The molecule has 74 valence electrons. The molecule has 0 aromatic carbocycles. The molecule has 0 saturated heterocycles. The Morgan fingerprint density at radius 2 is 2.08 bits per heavy atom. The smallest absolute Gasteiger partial charge is 0.0140 e. The van der Waals surface area contributed by atoms with E-state index < -0.39 is 0 Å². The molecule has 0 heterocycles. The molecule has 0 N–H and O–H groups in total. The molecule has 1 unspecified atom stereocenters. The van der Waals surface area contributed by atoms with Crippen LogP contribution >= 0.6 is 0 Å². The lowest BCUT2D eigenvalue weighted by molar-refractivity contribution is 0.422. The van der Waals surface area contributed by atoms with Crippen molar-refractivity contribution in [2.45, 2.75) is 47.0 Å². The van der Waals surface area contributed by atoms with Gasteiger partial charge in [0.15, 0.2) is 0 Å². The first-order valence-electron chi connectivity index (χ1n) is 5.51. The highest BCUT2D eigenvalue weighted by molar-refractivity contribution is 5.25. The Hall–Kier alpha value is -0.520. The van der Waals surface area contributed by atoms with Crippen LogP contribution in [0.4, 0.5) is 0 Å². The maximum Gasteiger partial charge on any atom is -0.0140 e. The zero-order valence-corrected chi connectivity index (χ0v) is 9.43. The van der Waals surface area contributed by atoms with Crippen LogP contribution in [-0.2, 0) is 0 Å². The summed E-state index contributed by atoms with van der Waals surface area (Å²) in [7, 11) is 0. The van der Waals surface area contributed by atoms with Gasteiger partial charge in [-0.05, 0) is 31.6 Å². The summed E-state index contributed by atoms with van der Waals surface area (Å²) in [6, 6.07) is 0. The SMILES string of the molecule is CCCC1=CC=C(C)CC1C(C)C. The van der Waals surface area contributed by atoms with Crippen molar-refractivity contribution in [1.82, 2.24) is 0 Å². The number of rotatable bonds is 3. The Morgan fingerprint density at radius 1 is 1.38 bits per heavy atom. The average Bonchev–Trinajstić information content (AvgIpc) is 2.08. The molecule has 0 aromatic heterocycles. The topological polar surface area (TPSA) is 0 Å². The zero-order chi connectivity index (χ0) is 9.84. The Balaban J connectivity index is 2.73. The summed E-state index contributed by atoms with van der Waals surface area (Å²) in [6.45, 7) is 9.19. The van der Waals surface area contributed by atoms with E-state index in [0.717, 1.165) is 11.8 Å². The molecular weight excluding hydrogens is 156 g/mol. The summed E-state index contributed by atoms with van der Waals surface area (Å²) in [6.07, 6.45) is 8.49. The molecule has 1 atom stereocenters. The molecule has 13 heavy (non-hydrogen) atoms. The highest BCUT2D eigenvalue weighted by Gasteiger charge is 2.19. The molecule has 0 amide bonds. The van der Waals surface area contributed by atoms with Crippen molar-refractivity contribution in [2.75, 3.05) is 0 Å². The molecule has 0 saturated carbocycles. The van der Waals surface area contributed by atoms with E-state index in [1.807, 2.05) is 0 Å². The van der Waals surface area contributed by atoms with Crippen LogP contribution in [0.15, 0.2) is 23.3 Å².